The molecule has 7 nitrogen and oxygen atoms in total. The average molecular weight is 285 g/mol. The summed E-state index contributed by atoms with van der Waals surface area (Å²) in [5.74, 6) is -0.210. The Morgan fingerprint density at radius 1 is 1.32 bits per heavy atom. The number of rotatable bonds is 2. The number of halogens is 1. The number of hydrogen-bond acceptors (Lipinski definition) is 4. The van der Waals surface area contributed by atoms with Gasteiger partial charge in [-0.25, -0.2) is 14.8 Å². The molecule has 0 aliphatic carbocycles. The van der Waals surface area contributed by atoms with E-state index < -0.39 is 6.09 Å². The Morgan fingerprint density at radius 3 is 2.53 bits per heavy atom. The van der Waals surface area contributed by atoms with Gasteiger partial charge >= 0.3 is 6.09 Å². The Labute approximate surface area is 114 Å². The molecule has 2 N–H and O–H groups in total. The molecule has 0 bridgehead atoms. The van der Waals surface area contributed by atoms with Crippen LogP contribution in [0.1, 0.15) is 23.3 Å². The molecule has 0 radical (unpaired) electrons. The molecule has 8 heteroatoms. The third-order valence-electron chi connectivity index (χ3n) is 2.95. The number of carbonyl (C=O) groups is 2. The number of hydrogen-bond donors (Lipinski definition) is 2. The van der Waals surface area contributed by atoms with Gasteiger partial charge in [0.2, 0.25) is 0 Å². The Kier molecular flexibility index (Phi) is 4.16. The Morgan fingerprint density at radius 2 is 2.00 bits per heavy atom. The zero-order valence-electron chi connectivity index (χ0n) is 10.0. The molecule has 1 fully saturated rings. The number of nitrogens with one attached hydrogen (secondary N) is 1. The van der Waals surface area contributed by atoms with E-state index in [1.54, 1.807) is 4.90 Å². The molecule has 2 amide bonds. The quantitative estimate of drug-likeness (QED) is 0.845. The summed E-state index contributed by atoms with van der Waals surface area (Å²) in [4.78, 5) is 32.0. The summed E-state index contributed by atoms with van der Waals surface area (Å²) in [6, 6.07) is -0.0992. The van der Waals surface area contributed by atoms with Gasteiger partial charge in [-0.15, -0.1) is 0 Å². The first-order chi connectivity index (χ1) is 9.06. The molecule has 0 saturated carbocycles. The van der Waals surface area contributed by atoms with Gasteiger partial charge in [0.1, 0.15) is 10.8 Å². The van der Waals surface area contributed by atoms with Crippen LogP contribution < -0.4 is 5.32 Å². The second kappa shape index (κ2) is 5.83. The van der Waals surface area contributed by atoms with Crippen molar-refractivity contribution >= 4 is 23.6 Å². The van der Waals surface area contributed by atoms with Crippen molar-refractivity contribution in [2.45, 2.75) is 18.9 Å². The highest BCUT2D eigenvalue weighted by atomic mass is 35.5. The van der Waals surface area contributed by atoms with E-state index in [-0.39, 0.29) is 22.8 Å². The second-order valence-electron chi connectivity index (χ2n) is 4.24. The molecule has 0 aromatic carbocycles. The highest BCUT2D eigenvalue weighted by Crippen LogP contribution is 2.13. The number of carboxylic acid groups (broad SMARTS) is 1. The monoisotopic (exact) mass is 284 g/mol. The van der Waals surface area contributed by atoms with Crippen molar-refractivity contribution in [2.24, 2.45) is 0 Å². The highest BCUT2D eigenvalue weighted by molar-refractivity contribution is 6.29. The molecule has 0 atom stereocenters. The Bertz CT molecular complexity index is 471. The van der Waals surface area contributed by atoms with Gasteiger partial charge in [0.25, 0.3) is 5.91 Å². The fourth-order valence-electron chi connectivity index (χ4n) is 1.99. The number of nitrogens with zero attached hydrogens (tertiary/aromatic N) is 3. The molecule has 1 aromatic heterocycles. The van der Waals surface area contributed by atoms with Crippen LogP contribution in [-0.2, 0) is 0 Å². The molecule has 1 aliphatic rings. The van der Waals surface area contributed by atoms with E-state index in [1.807, 2.05) is 0 Å². The van der Waals surface area contributed by atoms with Gasteiger partial charge < -0.3 is 15.3 Å². The molecule has 2 rings (SSSR count). The number of aromatic nitrogens is 2. The topological polar surface area (TPSA) is 95.4 Å². The fourth-order valence-corrected chi connectivity index (χ4v) is 2.08. The second-order valence-corrected chi connectivity index (χ2v) is 4.63. The number of amides is 2. The zero-order chi connectivity index (χ0) is 13.8. The lowest BCUT2D eigenvalue weighted by Gasteiger charge is -2.31. The first-order valence-corrected chi connectivity index (χ1v) is 6.20. The third kappa shape index (κ3) is 3.54. The lowest BCUT2D eigenvalue weighted by Crippen LogP contribution is -2.46. The first kappa shape index (κ1) is 13.5. The standard InChI is InChI=1S/C11H13ClN4O3/c12-9-6-13-8(5-14-9)10(17)16-3-1-7(2-4-16)15-11(18)19/h5-7,15H,1-4H2,(H,18,19). The Balaban J connectivity index is 1.92. The minimum Gasteiger partial charge on any atom is -0.465 e. The molecule has 0 spiro atoms. The van der Waals surface area contributed by atoms with Crippen LogP contribution in [0.3, 0.4) is 0 Å². The van der Waals surface area contributed by atoms with E-state index in [2.05, 4.69) is 15.3 Å². The largest absolute Gasteiger partial charge is 0.465 e. The lowest BCUT2D eigenvalue weighted by atomic mass is 10.1. The van der Waals surface area contributed by atoms with E-state index >= 15 is 0 Å². The predicted molar refractivity (Wildman–Crippen MR) is 67.1 cm³/mol. The third-order valence-corrected chi connectivity index (χ3v) is 3.14. The molecular formula is C11H13ClN4O3. The van der Waals surface area contributed by atoms with E-state index in [9.17, 15) is 9.59 Å². The Hall–Kier alpha value is -1.89. The SMILES string of the molecule is O=C(O)NC1CCN(C(=O)c2cnc(Cl)cn2)CC1. The normalized spacial score (nSPS) is 16.2. The number of piperidine rings is 1. The van der Waals surface area contributed by atoms with Crippen LogP contribution in [0, 0.1) is 0 Å². The van der Waals surface area contributed by atoms with Crippen LogP contribution >= 0.6 is 11.6 Å². The van der Waals surface area contributed by atoms with E-state index in [4.69, 9.17) is 16.7 Å². The van der Waals surface area contributed by atoms with Crippen LogP contribution in [0.15, 0.2) is 12.4 Å². The van der Waals surface area contributed by atoms with Gasteiger partial charge in [-0.05, 0) is 12.8 Å². The van der Waals surface area contributed by atoms with Gasteiger partial charge in [-0.1, -0.05) is 11.6 Å². The van der Waals surface area contributed by atoms with Gasteiger partial charge in [-0.3, -0.25) is 4.79 Å². The van der Waals surface area contributed by atoms with E-state index in [0.29, 0.717) is 25.9 Å². The smallest absolute Gasteiger partial charge is 0.404 e. The predicted octanol–water partition coefficient (Wildman–Crippen LogP) is 1.00. The summed E-state index contributed by atoms with van der Waals surface area (Å²) < 4.78 is 0. The van der Waals surface area contributed by atoms with E-state index in [0.717, 1.165) is 0 Å². The van der Waals surface area contributed by atoms with Crippen molar-refractivity contribution in [2.75, 3.05) is 13.1 Å². The van der Waals surface area contributed by atoms with Crippen LogP contribution in [0.4, 0.5) is 4.79 Å². The first-order valence-electron chi connectivity index (χ1n) is 5.82. The van der Waals surface area contributed by atoms with Crippen LogP contribution in [-0.4, -0.2) is 51.1 Å². The number of likely N-dealkylation sites (tertiary alicyclic amines) is 1. The summed E-state index contributed by atoms with van der Waals surface area (Å²) >= 11 is 5.61. The summed E-state index contributed by atoms with van der Waals surface area (Å²) in [5.41, 5.74) is 0.244. The maximum absolute atomic E-state index is 12.1. The molecule has 1 aliphatic heterocycles. The maximum atomic E-state index is 12.1. The summed E-state index contributed by atoms with van der Waals surface area (Å²) in [7, 11) is 0. The van der Waals surface area contributed by atoms with Crippen LogP contribution in [0.5, 0.6) is 0 Å². The molecular weight excluding hydrogens is 272 g/mol. The molecule has 1 aromatic rings. The minimum absolute atomic E-state index is 0.0992. The van der Waals surface area contributed by atoms with Crippen molar-refractivity contribution in [3.8, 4) is 0 Å². The van der Waals surface area contributed by atoms with Crippen LogP contribution in [0.2, 0.25) is 5.15 Å². The van der Waals surface area contributed by atoms with Crippen molar-refractivity contribution in [3.05, 3.63) is 23.2 Å². The van der Waals surface area contributed by atoms with Crippen molar-refractivity contribution in [1.82, 2.24) is 20.2 Å². The van der Waals surface area contributed by atoms with E-state index in [1.165, 1.54) is 12.4 Å². The lowest BCUT2D eigenvalue weighted by molar-refractivity contribution is 0.0699. The summed E-state index contributed by atoms with van der Waals surface area (Å²) in [6.07, 6.45) is 2.83. The highest BCUT2D eigenvalue weighted by Gasteiger charge is 2.25. The van der Waals surface area contributed by atoms with Gasteiger partial charge in [0, 0.05) is 19.1 Å². The molecule has 0 unspecified atom stereocenters. The molecule has 102 valence electrons. The molecule has 19 heavy (non-hydrogen) atoms. The fraction of sp³-hybridized carbons (Fsp3) is 0.455. The van der Waals surface area contributed by atoms with Gasteiger partial charge in [-0.2, -0.15) is 0 Å². The van der Waals surface area contributed by atoms with Crippen LogP contribution in [0.25, 0.3) is 0 Å². The average Bonchev–Trinajstić information content (AvgIpc) is 2.39. The van der Waals surface area contributed by atoms with Crippen molar-refractivity contribution < 1.29 is 14.7 Å². The van der Waals surface area contributed by atoms with Gasteiger partial charge in [0.15, 0.2) is 0 Å². The minimum atomic E-state index is -1.03. The maximum Gasteiger partial charge on any atom is 0.404 e. The van der Waals surface area contributed by atoms with Gasteiger partial charge in [0.05, 0.1) is 12.4 Å². The van der Waals surface area contributed by atoms with Crippen molar-refractivity contribution in [3.63, 3.8) is 0 Å². The summed E-state index contributed by atoms with van der Waals surface area (Å²) in [5, 5.41) is 11.3. The molecule has 2 heterocycles. The zero-order valence-corrected chi connectivity index (χ0v) is 10.8. The van der Waals surface area contributed by atoms with Crippen molar-refractivity contribution in [1.29, 1.82) is 0 Å². The summed E-state index contributed by atoms with van der Waals surface area (Å²) in [6.45, 7) is 0.988. The number of carbonyl (C=O) groups excluding carboxylic acids is 1. The molecule has 1 saturated heterocycles.